The molecule has 6 aromatic rings. The Balaban J connectivity index is 0.00000216. The van der Waals surface area contributed by atoms with Crippen molar-refractivity contribution in [1.29, 1.82) is 0 Å². The number of fused-ring (bicyclic) bond motifs is 2. The van der Waals surface area contributed by atoms with Crippen molar-refractivity contribution in [2.45, 2.75) is 30.4 Å². The fraction of sp³-hybridized carbons (Fsp3) is 0.130. The van der Waals surface area contributed by atoms with Gasteiger partial charge in [-0.25, -0.2) is 0 Å². The molecule has 0 heterocycles. The summed E-state index contributed by atoms with van der Waals surface area (Å²) in [5.74, 6) is 0. The summed E-state index contributed by atoms with van der Waals surface area (Å²) >= 11 is -3.92. The van der Waals surface area contributed by atoms with E-state index in [9.17, 15) is 0 Å². The first-order valence-electron chi connectivity index (χ1n) is 17.2. The van der Waals surface area contributed by atoms with Gasteiger partial charge in [-0.3, -0.25) is 0 Å². The van der Waals surface area contributed by atoms with Crippen molar-refractivity contribution in [3.05, 3.63) is 179 Å². The second-order valence-corrected chi connectivity index (χ2v) is 45.5. The van der Waals surface area contributed by atoms with Crippen LogP contribution >= 0.6 is 24.8 Å². The molecule has 4 heteroatoms. The van der Waals surface area contributed by atoms with Crippen LogP contribution in [0.1, 0.15) is 43.4 Å². The zero-order valence-electron chi connectivity index (χ0n) is 29.2. The van der Waals surface area contributed by atoms with Crippen molar-refractivity contribution in [2.24, 2.45) is 0 Å². The summed E-state index contributed by atoms with van der Waals surface area (Å²) in [7, 11) is 0. The van der Waals surface area contributed by atoms with Crippen molar-refractivity contribution >= 4 is 43.8 Å². The van der Waals surface area contributed by atoms with E-state index >= 15 is 0 Å². The molecule has 250 valence electrons. The van der Waals surface area contributed by atoms with Crippen molar-refractivity contribution < 1.29 is 17.4 Å². The van der Waals surface area contributed by atoms with Gasteiger partial charge >= 0.3 is 290 Å². The first-order chi connectivity index (χ1) is 23.2. The van der Waals surface area contributed by atoms with E-state index in [0.717, 1.165) is 0 Å². The second-order valence-electron chi connectivity index (χ2n) is 15.0. The molecule has 0 aliphatic heterocycles. The van der Waals surface area contributed by atoms with E-state index in [1.807, 2.05) is 0 Å². The van der Waals surface area contributed by atoms with Gasteiger partial charge in [0.25, 0.3) is 0 Å². The molecule has 0 N–H and O–H groups in total. The predicted octanol–water partition coefficient (Wildman–Crippen LogP) is 13.1. The number of benzene rings is 6. The van der Waals surface area contributed by atoms with E-state index in [0.29, 0.717) is 7.25 Å². The molecule has 0 nitrogen and oxygen atoms in total. The summed E-state index contributed by atoms with van der Waals surface area (Å²) in [6.07, 6.45) is 5.10. The van der Waals surface area contributed by atoms with Crippen LogP contribution in [0.25, 0.3) is 56.7 Å². The number of hydrogen-bond donors (Lipinski definition) is 0. The molecule has 50 heavy (non-hydrogen) atoms. The molecule has 6 aromatic carbocycles. The van der Waals surface area contributed by atoms with Crippen LogP contribution in [0.15, 0.2) is 157 Å². The van der Waals surface area contributed by atoms with Gasteiger partial charge in [-0.15, -0.1) is 24.8 Å². The zero-order valence-corrected chi connectivity index (χ0v) is 34.7. The van der Waals surface area contributed by atoms with E-state index in [1.165, 1.54) is 66.8 Å². The molecule has 0 amide bonds. The van der Waals surface area contributed by atoms with Gasteiger partial charge in [0.1, 0.15) is 0 Å². The Hall–Kier alpha value is -3.52. The van der Waals surface area contributed by atoms with Crippen molar-refractivity contribution in [3.8, 4) is 44.5 Å². The topological polar surface area (TPSA) is 0 Å². The van der Waals surface area contributed by atoms with Crippen LogP contribution in [0.3, 0.4) is 0 Å². The number of allylic oxidation sites excluding steroid dienone is 2. The molecular formula is C46H44Cl2SiZr. The molecular weight excluding hydrogens is 743 g/mol. The molecule has 0 fully saturated rings. The summed E-state index contributed by atoms with van der Waals surface area (Å²) in [5, 5.41) is 0. The zero-order chi connectivity index (χ0) is 33.1. The number of rotatable bonds is 6. The minimum absolute atomic E-state index is 0. The fourth-order valence-electron chi connectivity index (χ4n) is 9.37. The summed E-state index contributed by atoms with van der Waals surface area (Å²) in [4.78, 5) is 0. The van der Waals surface area contributed by atoms with Gasteiger partial charge in [0.2, 0.25) is 0 Å². The number of hydrogen-bond acceptors (Lipinski definition) is 0. The predicted molar refractivity (Wildman–Crippen MR) is 222 cm³/mol. The van der Waals surface area contributed by atoms with Crippen LogP contribution in [0.4, 0.5) is 0 Å². The van der Waals surface area contributed by atoms with Crippen LogP contribution in [0.2, 0.25) is 9.26 Å². The van der Waals surface area contributed by atoms with Crippen LogP contribution < -0.4 is 0 Å². The Morgan fingerprint density at radius 3 is 0.960 bits per heavy atom. The molecule has 0 saturated carbocycles. The van der Waals surface area contributed by atoms with Crippen molar-refractivity contribution in [3.63, 3.8) is 0 Å². The van der Waals surface area contributed by atoms with E-state index in [-0.39, 0.29) is 24.8 Å². The molecule has 0 aromatic heterocycles. The summed E-state index contributed by atoms with van der Waals surface area (Å²) in [6.45, 7) is 7.29. The first-order valence-corrected chi connectivity index (χ1v) is 30.9. The van der Waals surface area contributed by atoms with Crippen LogP contribution in [-0.4, -0.2) is 6.88 Å². The molecule has 0 saturated heterocycles. The van der Waals surface area contributed by atoms with E-state index in [2.05, 4.69) is 188 Å². The third kappa shape index (κ3) is 5.99. The van der Waals surface area contributed by atoms with Gasteiger partial charge in [-0.05, 0) is 0 Å². The van der Waals surface area contributed by atoms with Gasteiger partial charge in [0.15, 0.2) is 0 Å². The summed E-state index contributed by atoms with van der Waals surface area (Å²) in [6, 6.07) is 53.7. The standard InChI is InChI=1S/2C22H17.2CH3.2ClH.H2Si.Zr/c2*1-16-14-21-19(17-8-4-2-5-9-17)12-13-20(22(21)15-16)18-10-6-3-7-11-18;;;;;;/h2*2-15H,1H3;2*1H3;2*1H;1H2;. The monoisotopic (exact) mass is 784 g/mol. The molecule has 0 bridgehead atoms. The Morgan fingerprint density at radius 2 is 0.660 bits per heavy atom. The van der Waals surface area contributed by atoms with E-state index in [4.69, 9.17) is 0 Å². The molecule has 0 spiro atoms. The maximum absolute atomic E-state index is 3.92. The largest absolute Gasteiger partial charge is 0.147 e. The van der Waals surface area contributed by atoms with Gasteiger partial charge in [-0.1, -0.05) is 0 Å². The summed E-state index contributed by atoms with van der Waals surface area (Å²) < 4.78 is 6.34. The maximum Gasteiger partial charge on any atom is -0.147 e. The Labute approximate surface area is 312 Å². The maximum atomic E-state index is 2.77. The summed E-state index contributed by atoms with van der Waals surface area (Å²) in [5.41, 5.74) is 19.7. The van der Waals surface area contributed by atoms with E-state index < -0.39 is 17.4 Å². The van der Waals surface area contributed by atoms with Crippen molar-refractivity contribution in [2.75, 3.05) is 0 Å². The Bertz CT molecular complexity index is 2160. The van der Waals surface area contributed by atoms with Crippen LogP contribution in [0, 0.1) is 0 Å². The van der Waals surface area contributed by atoms with Gasteiger partial charge in [0.05, 0.1) is 0 Å². The smallest absolute Gasteiger partial charge is 0.147 e. The average Bonchev–Trinajstić information content (AvgIpc) is 3.67. The quantitative estimate of drug-likeness (QED) is 0.148. The van der Waals surface area contributed by atoms with Gasteiger partial charge in [-0.2, -0.15) is 0 Å². The molecule has 0 radical (unpaired) electrons. The average molecular weight is 787 g/mol. The molecule has 2 unspecified atom stereocenters. The minimum Gasteiger partial charge on any atom is -0.147 e. The van der Waals surface area contributed by atoms with Crippen LogP contribution in [0.5, 0.6) is 0 Å². The normalized spacial score (nSPS) is 16.3. The molecule has 8 rings (SSSR count). The fourth-order valence-corrected chi connectivity index (χ4v) is 30.4. The Kier molecular flexibility index (Phi) is 10.1. The second kappa shape index (κ2) is 13.9. The third-order valence-corrected chi connectivity index (χ3v) is 28.9. The third-order valence-electron chi connectivity index (χ3n) is 11.0. The SMILES string of the molecule is CC1=Cc2c(-c3ccccc3)ccc(-c3ccccc3)c2[CH]1[Zr]([CH3])([CH3])(=[SiH2])[CH]1C(C)=Cc2c(-c3ccccc3)ccc(-c3ccccc3)c21.Cl.Cl. The van der Waals surface area contributed by atoms with E-state index in [1.54, 1.807) is 11.1 Å². The Morgan fingerprint density at radius 1 is 0.400 bits per heavy atom. The molecule has 2 aliphatic carbocycles. The van der Waals surface area contributed by atoms with Gasteiger partial charge < -0.3 is 0 Å². The first kappa shape index (κ1) is 36.3. The van der Waals surface area contributed by atoms with Crippen molar-refractivity contribution in [1.82, 2.24) is 0 Å². The van der Waals surface area contributed by atoms with Gasteiger partial charge in [0, 0.05) is 0 Å². The minimum atomic E-state index is -3.92. The molecule has 2 atom stereocenters. The van der Waals surface area contributed by atoms with Crippen LogP contribution in [-0.2, 0) is 17.4 Å². The molecule has 2 aliphatic rings. The number of halogens is 2.